The average Bonchev–Trinajstić information content (AvgIpc) is 3.30. The Kier molecular flexibility index (Phi) is 10.3. The fourth-order valence-corrected chi connectivity index (χ4v) is 6.69. The molecule has 0 bridgehead atoms. The molecular formula is C31H42N4O6S. The van der Waals surface area contributed by atoms with Gasteiger partial charge in [0.2, 0.25) is 10.0 Å². The number of hydrogen-bond acceptors (Lipinski definition) is 8. The Morgan fingerprint density at radius 2 is 1.86 bits per heavy atom. The summed E-state index contributed by atoms with van der Waals surface area (Å²) in [6, 6.07) is 12.2. The van der Waals surface area contributed by atoms with Gasteiger partial charge in [-0.15, -0.1) is 0 Å². The van der Waals surface area contributed by atoms with E-state index in [4.69, 9.17) is 9.47 Å². The molecule has 0 aromatic heterocycles. The highest BCUT2D eigenvalue weighted by Crippen LogP contribution is 2.39. The maximum Gasteiger partial charge on any atom is 0.324 e. The lowest BCUT2D eigenvalue weighted by molar-refractivity contribution is -0.148. The molecular weight excluding hydrogens is 556 g/mol. The van der Waals surface area contributed by atoms with Gasteiger partial charge in [-0.3, -0.25) is 14.5 Å². The summed E-state index contributed by atoms with van der Waals surface area (Å²) in [4.78, 5) is 30.2. The molecule has 2 atom stereocenters. The third-order valence-corrected chi connectivity index (χ3v) is 8.80. The average molecular weight is 599 g/mol. The quantitative estimate of drug-likeness (QED) is 0.336. The highest BCUT2D eigenvalue weighted by atomic mass is 32.2. The van der Waals surface area contributed by atoms with E-state index in [0.717, 1.165) is 30.5 Å². The number of esters is 1. The van der Waals surface area contributed by atoms with Crippen molar-refractivity contribution in [2.75, 3.05) is 33.4 Å². The molecule has 2 heterocycles. The van der Waals surface area contributed by atoms with Crippen LogP contribution in [0.3, 0.4) is 0 Å². The van der Waals surface area contributed by atoms with E-state index in [0.29, 0.717) is 36.8 Å². The molecule has 42 heavy (non-hydrogen) atoms. The van der Waals surface area contributed by atoms with Crippen molar-refractivity contribution < 1.29 is 27.5 Å². The molecule has 1 unspecified atom stereocenters. The summed E-state index contributed by atoms with van der Waals surface area (Å²) in [6.07, 6.45) is 1.73. The first-order valence-electron chi connectivity index (χ1n) is 14.5. The normalized spacial score (nSPS) is 18.2. The van der Waals surface area contributed by atoms with Gasteiger partial charge in [-0.25, -0.2) is 8.42 Å². The predicted octanol–water partition coefficient (Wildman–Crippen LogP) is 3.56. The monoisotopic (exact) mass is 598 g/mol. The predicted molar refractivity (Wildman–Crippen MR) is 160 cm³/mol. The van der Waals surface area contributed by atoms with E-state index < -0.39 is 28.1 Å². The molecule has 0 fully saturated rings. The van der Waals surface area contributed by atoms with Gasteiger partial charge in [-0.2, -0.15) is 4.72 Å². The van der Waals surface area contributed by atoms with Gasteiger partial charge in [0.25, 0.3) is 5.91 Å². The first-order chi connectivity index (χ1) is 20.1. The van der Waals surface area contributed by atoms with Crippen LogP contribution in [-0.2, 0) is 31.0 Å². The largest absolute Gasteiger partial charge is 0.493 e. The highest BCUT2D eigenvalue weighted by Gasteiger charge is 2.40. The lowest BCUT2D eigenvalue weighted by Crippen LogP contribution is -2.45. The van der Waals surface area contributed by atoms with Gasteiger partial charge < -0.3 is 19.7 Å². The number of sulfonamides is 1. The van der Waals surface area contributed by atoms with Crippen molar-refractivity contribution in [1.82, 2.24) is 19.8 Å². The Balaban J connectivity index is 1.64. The van der Waals surface area contributed by atoms with Crippen LogP contribution in [0.5, 0.6) is 5.75 Å². The Morgan fingerprint density at radius 3 is 2.52 bits per heavy atom. The van der Waals surface area contributed by atoms with Crippen LogP contribution in [-0.4, -0.2) is 69.5 Å². The van der Waals surface area contributed by atoms with Crippen molar-refractivity contribution in [2.24, 2.45) is 5.92 Å². The number of likely N-dealkylation sites (N-methyl/N-ethyl adjacent to an activating group) is 1. The number of benzene rings is 2. The van der Waals surface area contributed by atoms with E-state index in [9.17, 15) is 18.0 Å². The van der Waals surface area contributed by atoms with Crippen molar-refractivity contribution >= 4 is 21.9 Å². The van der Waals surface area contributed by atoms with Crippen LogP contribution in [0.2, 0.25) is 0 Å². The SMILES string of the molecule is CCCOc1ccc(S(=O)(=O)N[C@H](C(=O)OCc2ccccc2)C(C)C)cc1C1NC(=O)C2=C1CN(CCC)CN2C. The Hall–Kier alpha value is -3.41. The summed E-state index contributed by atoms with van der Waals surface area (Å²) in [5.41, 5.74) is 2.86. The number of carbonyl (C=O) groups is 2. The van der Waals surface area contributed by atoms with Gasteiger partial charge in [0, 0.05) is 19.2 Å². The minimum absolute atomic E-state index is 0.0271. The molecule has 2 aliphatic heterocycles. The van der Waals surface area contributed by atoms with Crippen LogP contribution >= 0.6 is 0 Å². The molecule has 4 rings (SSSR count). The Labute approximate surface area is 249 Å². The van der Waals surface area contributed by atoms with E-state index in [1.54, 1.807) is 26.0 Å². The lowest BCUT2D eigenvalue weighted by atomic mass is 9.97. The van der Waals surface area contributed by atoms with E-state index in [1.807, 2.05) is 49.2 Å². The molecule has 0 saturated heterocycles. The molecule has 11 heteroatoms. The molecule has 228 valence electrons. The van der Waals surface area contributed by atoms with Gasteiger partial charge in [0.1, 0.15) is 24.1 Å². The first kappa shape index (κ1) is 31.5. The molecule has 2 aromatic rings. The summed E-state index contributed by atoms with van der Waals surface area (Å²) in [5, 5.41) is 3.06. The Bertz CT molecular complexity index is 1410. The third kappa shape index (κ3) is 7.14. The highest BCUT2D eigenvalue weighted by molar-refractivity contribution is 7.89. The van der Waals surface area contributed by atoms with Crippen molar-refractivity contribution in [3.63, 3.8) is 0 Å². The minimum atomic E-state index is -4.15. The fourth-order valence-electron chi connectivity index (χ4n) is 5.32. The third-order valence-electron chi connectivity index (χ3n) is 7.36. The van der Waals surface area contributed by atoms with Crippen molar-refractivity contribution in [2.45, 2.75) is 64.1 Å². The van der Waals surface area contributed by atoms with Crippen LogP contribution in [0.1, 0.15) is 57.7 Å². The number of carbonyl (C=O) groups excluding carboxylic acids is 2. The van der Waals surface area contributed by atoms with E-state index in [2.05, 4.69) is 21.9 Å². The number of amides is 1. The molecule has 2 aliphatic rings. The molecule has 0 radical (unpaired) electrons. The summed E-state index contributed by atoms with van der Waals surface area (Å²) >= 11 is 0. The summed E-state index contributed by atoms with van der Waals surface area (Å²) in [6.45, 7) is 10.2. The van der Waals surface area contributed by atoms with E-state index in [-0.39, 0.29) is 23.3 Å². The molecule has 0 saturated carbocycles. The summed E-state index contributed by atoms with van der Waals surface area (Å²) in [7, 11) is -2.26. The number of rotatable bonds is 13. The number of ether oxygens (including phenoxy) is 2. The van der Waals surface area contributed by atoms with Crippen LogP contribution in [0.25, 0.3) is 0 Å². The zero-order chi connectivity index (χ0) is 30.4. The summed E-state index contributed by atoms with van der Waals surface area (Å²) in [5.74, 6) is -0.700. The molecule has 2 N–H and O–H groups in total. The zero-order valence-electron chi connectivity index (χ0n) is 25.1. The van der Waals surface area contributed by atoms with Gasteiger partial charge in [0.15, 0.2) is 0 Å². The molecule has 0 spiro atoms. The molecule has 10 nitrogen and oxygen atoms in total. The van der Waals surface area contributed by atoms with Crippen LogP contribution in [0.4, 0.5) is 0 Å². The second-order valence-corrected chi connectivity index (χ2v) is 12.9. The topological polar surface area (TPSA) is 117 Å². The van der Waals surface area contributed by atoms with Gasteiger partial charge in [-0.05, 0) is 54.6 Å². The first-order valence-corrected chi connectivity index (χ1v) is 16.0. The fraction of sp³-hybridized carbons (Fsp3) is 0.484. The van der Waals surface area contributed by atoms with Crippen LogP contribution in [0, 0.1) is 5.92 Å². The zero-order valence-corrected chi connectivity index (χ0v) is 25.9. The maximum absolute atomic E-state index is 13.7. The molecule has 2 aromatic carbocycles. The lowest BCUT2D eigenvalue weighted by Gasteiger charge is -2.35. The standard InChI is InChI=1S/C31H42N4O6S/c1-6-15-35-18-25-28(32-30(36)29(25)34(5)20-35)24-17-23(13-14-26(24)40-16-7-2)42(38,39)33-27(21(3)4)31(37)41-19-22-11-9-8-10-12-22/h8-14,17,21,27-28,33H,6-7,15-16,18-20H2,1-5H3,(H,32,36)/t27-,28?/m0/s1. The van der Waals surface area contributed by atoms with Crippen LogP contribution in [0.15, 0.2) is 64.7 Å². The van der Waals surface area contributed by atoms with Crippen LogP contribution < -0.4 is 14.8 Å². The molecule has 0 aliphatic carbocycles. The molecule has 1 amide bonds. The maximum atomic E-state index is 13.7. The van der Waals surface area contributed by atoms with E-state index in [1.165, 1.54) is 6.07 Å². The number of nitrogens with zero attached hydrogens (tertiary/aromatic N) is 2. The second-order valence-electron chi connectivity index (χ2n) is 11.2. The van der Waals surface area contributed by atoms with Gasteiger partial charge >= 0.3 is 5.97 Å². The van der Waals surface area contributed by atoms with Crippen molar-refractivity contribution in [3.8, 4) is 5.75 Å². The van der Waals surface area contributed by atoms with Crippen molar-refractivity contribution in [3.05, 3.63) is 70.9 Å². The number of hydrogen-bond donors (Lipinski definition) is 2. The number of nitrogens with one attached hydrogen (secondary N) is 2. The van der Waals surface area contributed by atoms with Gasteiger partial charge in [0.05, 0.1) is 24.2 Å². The second kappa shape index (κ2) is 13.7. The van der Waals surface area contributed by atoms with E-state index >= 15 is 0 Å². The minimum Gasteiger partial charge on any atom is -0.493 e. The van der Waals surface area contributed by atoms with Gasteiger partial charge in [-0.1, -0.05) is 58.0 Å². The van der Waals surface area contributed by atoms with Crippen molar-refractivity contribution in [1.29, 1.82) is 0 Å². The summed E-state index contributed by atoms with van der Waals surface area (Å²) < 4.78 is 41.4. The Morgan fingerprint density at radius 1 is 1.12 bits per heavy atom. The smallest absolute Gasteiger partial charge is 0.324 e.